The number of amides is 2. The minimum Gasteiger partial charge on any atom is -0.469 e. The first-order chi connectivity index (χ1) is 11.8. The molecule has 2 N–H and O–H groups in total. The molecule has 0 fully saturated rings. The van der Waals surface area contributed by atoms with Crippen LogP contribution in [0.4, 0.5) is 5.69 Å². The Kier molecular flexibility index (Phi) is 7.58. The average molecular weight is 350 g/mol. The fraction of sp³-hybridized carbons (Fsp3) is 0.412. The Morgan fingerprint density at radius 3 is 2.28 bits per heavy atom. The van der Waals surface area contributed by atoms with E-state index >= 15 is 0 Å². The van der Waals surface area contributed by atoms with E-state index in [4.69, 9.17) is 4.74 Å². The third-order valence-corrected chi connectivity index (χ3v) is 3.51. The molecule has 0 bridgehead atoms. The van der Waals surface area contributed by atoms with Crippen molar-refractivity contribution in [1.29, 1.82) is 0 Å². The van der Waals surface area contributed by atoms with Crippen LogP contribution in [0.25, 0.3) is 0 Å². The molecular weight excluding hydrogens is 328 g/mol. The largest absolute Gasteiger partial charge is 0.469 e. The van der Waals surface area contributed by atoms with E-state index in [0.717, 1.165) is 0 Å². The minimum absolute atomic E-state index is 0.0656. The monoisotopic (exact) mass is 350 g/mol. The Morgan fingerprint density at radius 2 is 1.72 bits per heavy atom. The average Bonchev–Trinajstić information content (AvgIpc) is 2.58. The van der Waals surface area contributed by atoms with Crippen molar-refractivity contribution < 1.29 is 28.7 Å². The van der Waals surface area contributed by atoms with Gasteiger partial charge in [-0.3, -0.25) is 14.4 Å². The van der Waals surface area contributed by atoms with Crippen molar-refractivity contribution in [2.75, 3.05) is 19.5 Å². The Hall–Kier alpha value is -2.90. The third-order valence-electron chi connectivity index (χ3n) is 3.51. The van der Waals surface area contributed by atoms with Crippen molar-refractivity contribution in [3.8, 4) is 0 Å². The van der Waals surface area contributed by atoms with Gasteiger partial charge >= 0.3 is 11.9 Å². The first-order valence-electron chi connectivity index (χ1n) is 7.62. The first-order valence-corrected chi connectivity index (χ1v) is 7.62. The SMILES string of the molecule is COC(=O)C[C@H](C)[C@@H](NC(=O)c1ccccc1NC(C)=O)C(=O)OC. The van der Waals surface area contributed by atoms with Crippen molar-refractivity contribution in [2.24, 2.45) is 5.92 Å². The molecular formula is C17H22N2O6. The Bertz CT molecular complexity index is 658. The number of nitrogens with one attached hydrogen (secondary N) is 2. The number of benzene rings is 1. The van der Waals surface area contributed by atoms with Gasteiger partial charge in [0.1, 0.15) is 6.04 Å². The van der Waals surface area contributed by atoms with Gasteiger partial charge in [-0.05, 0) is 18.1 Å². The fourth-order valence-corrected chi connectivity index (χ4v) is 2.22. The van der Waals surface area contributed by atoms with Crippen LogP contribution in [0.15, 0.2) is 24.3 Å². The summed E-state index contributed by atoms with van der Waals surface area (Å²) in [7, 11) is 2.43. The molecule has 8 heteroatoms. The van der Waals surface area contributed by atoms with Gasteiger partial charge in [-0.1, -0.05) is 19.1 Å². The highest BCUT2D eigenvalue weighted by Crippen LogP contribution is 2.17. The number of anilines is 1. The van der Waals surface area contributed by atoms with Crippen LogP contribution in [-0.4, -0.2) is 44.0 Å². The maximum absolute atomic E-state index is 12.6. The molecule has 0 aromatic heterocycles. The van der Waals surface area contributed by atoms with Gasteiger partial charge in [0.05, 0.1) is 31.9 Å². The van der Waals surface area contributed by atoms with Crippen molar-refractivity contribution >= 4 is 29.4 Å². The standard InChI is InChI=1S/C17H22N2O6/c1-10(9-14(21)24-3)15(17(23)25-4)19-16(22)12-7-5-6-8-13(12)18-11(2)20/h5-8,10,15H,9H2,1-4H3,(H,18,20)(H,19,22)/t10-,15+/m0/s1. The molecule has 0 saturated heterocycles. The Morgan fingerprint density at radius 1 is 1.08 bits per heavy atom. The molecule has 0 radical (unpaired) electrons. The molecule has 136 valence electrons. The maximum Gasteiger partial charge on any atom is 0.328 e. The number of carbonyl (C=O) groups is 4. The van der Waals surface area contributed by atoms with Crippen molar-refractivity contribution in [3.63, 3.8) is 0 Å². The smallest absolute Gasteiger partial charge is 0.328 e. The lowest BCUT2D eigenvalue weighted by Crippen LogP contribution is -2.46. The molecule has 0 saturated carbocycles. The highest BCUT2D eigenvalue weighted by atomic mass is 16.5. The number of carbonyl (C=O) groups excluding carboxylic acids is 4. The van der Waals surface area contributed by atoms with Gasteiger partial charge in [-0.25, -0.2) is 4.79 Å². The van der Waals surface area contributed by atoms with E-state index in [-0.39, 0.29) is 17.9 Å². The molecule has 2 amide bonds. The van der Waals surface area contributed by atoms with Gasteiger partial charge in [-0.2, -0.15) is 0 Å². The Balaban J connectivity index is 3.01. The number of hydrogen-bond donors (Lipinski definition) is 2. The molecule has 2 atom stereocenters. The van der Waals surface area contributed by atoms with Crippen molar-refractivity contribution in [3.05, 3.63) is 29.8 Å². The number of hydrogen-bond acceptors (Lipinski definition) is 6. The van der Waals surface area contributed by atoms with E-state index in [1.807, 2.05) is 0 Å². The highest BCUT2D eigenvalue weighted by molar-refractivity contribution is 6.04. The topological polar surface area (TPSA) is 111 Å². The van der Waals surface area contributed by atoms with Crippen LogP contribution in [0.3, 0.4) is 0 Å². The number of para-hydroxylation sites is 1. The minimum atomic E-state index is -1.04. The third kappa shape index (κ3) is 5.91. The second-order valence-electron chi connectivity index (χ2n) is 5.46. The summed E-state index contributed by atoms with van der Waals surface area (Å²) in [6.45, 7) is 2.95. The molecule has 1 aromatic rings. The first kappa shape index (κ1) is 20.1. The molecule has 1 rings (SSSR count). The molecule has 8 nitrogen and oxygen atoms in total. The molecule has 0 heterocycles. The quantitative estimate of drug-likeness (QED) is 0.713. The summed E-state index contributed by atoms with van der Waals surface area (Å²) >= 11 is 0. The second-order valence-corrected chi connectivity index (χ2v) is 5.46. The van der Waals surface area contributed by atoms with E-state index in [2.05, 4.69) is 15.4 Å². The lowest BCUT2D eigenvalue weighted by Gasteiger charge is -2.22. The van der Waals surface area contributed by atoms with Crippen LogP contribution in [-0.2, 0) is 23.9 Å². The number of esters is 2. The van der Waals surface area contributed by atoms with Crippen LogP contribution >= 0.6 is 0 Å². The molecule has 0 aliphatic heterocycles. The molecule has 0 unspecified atom stereocenters. The lowest BCUT2D eigenvalue weighted by molar-refractivity contribution is -0.146. The van der Waals surface area contributed by atoms with Crippen LogP contribution in [0, 0.1) is 5.92 Å². The molecule has 0 aliphatic carbocycles. The normalized spacial score (nSPS) is 12.5. The van der Waals surface area contributed by atoms with Gasteiger partial charge in [0.15, 0.2) is 0 Å². The van der Waals surface area contributed by atoms with Crippen LogP contribution in [0.5, 0.6) is 0 Å². The second kappa shape index (κ2) is 9.41. The molecule has 0 spiro atoms. The summed E-state index contributed by atoms with van der Waals surface area (Å²) < 4.78 is 9.29. The van der Waals surface area contributed by atoms with E-state index in [1.54, 1.807) is 25.1 Å². The molecule has 0 aliphatic rings. The van der Waals surface area contributed by atoms with Crippen molar-refractivity contribution in [1.82, 2.24) is 5.32 Å². The summed E-state index contributed by atoms with van der Waals surface area (Å²) in [5, 5.41) is 5.11. The summed E-state index contributed by atoms with van der Waals surface area (Å²) in [6, 6.07) is 5.34. The lowest BCUT2D eigenvalue weighted by atomic mass is 9.97. The molecule has 25 heavy (non-hydrogen) atoms. The van der Waals surface area contributed by atoms with Crippen LogP contribution < -0.4 is 10.6 Å². The Labute approximate surface area is 145 Å². The van der Waals surface area contributed by atoms with E-state index < -0.39 is 29.8 Å². The fourth-order valence-electron chi connectivity index (χ4n) is 2.22. The summed E-state index contributed by atoms with van der Waals surface area (Å²) in [5.41, 5.74) is 0.508. The molecule has 1 aromatic carbocycles. The summed E-state index contributed by atoms with van der Waals surface area (Å²) in [6.07, 6.45) is -0.0656. The number of rotatable bonds is 7. The maximum atomic E-state index is 12.6. The summed E-state index contributed by atoms with van der Waals surface area (Å²) in [4.78, 5) is 47.2. The highest BCUT2D eigenvalue weighted by Gasteiger charge is 2.30. The van der Waals surface area contributed by atoms with Crippen LogP contribution in [0.1, 0.15) is 30.6 Å². The number of ether oxygens (including phenoxy) is 2. The van der Waals surface area contributed by atoms with Crippen LogP contribution in [0.2, 0.25) is 0 Å². The van der Waals surface area contributed by atoms with Crippen molar-refractivity contribution in [2.45, 2.75) is 26.3 Å². The van der Waals surface area contributed by atoms with Gasteiger partial charge in [0.25, 0.3) is 5.91 Å². The zero-order chi connectivity index (χ0) is 19.0. The number of methoxy groups -OCH3 is 2. The van der Waals surface area contributed by atoms with E-state index in [1.165, 1.54) is 27.2 Å². The zero-order valence-electron chi connectivity index (χ0n) is 14.6. The van der Waals surface area contributed by atoms with Gasteiger partial charge in [0.2, 0.25) is 5.91 Å². The van der Waals surface area contributed by atoms with E-state index in [0.29, 0.717) is 5.69 Å². The van der Waals surface area contributed by atoms with Gasteiger partial charge in [0, 0.05) is 6.92 Å². The van der Waals surface area contributed by atoms with Gasteiger partial charge in [-0.15, -0.1) is 0 Å². The van der Waals surface area contributed by atoms with Gasteiger partial charge < -0.3 is 20.1 Å². The predicted molar refractivity (Wildman–Crippen MR) is 89.8 cm³/mol. The summed E-state index contributed by atoms with van der Waals surface area (Å²) in [5.74, 6) is -2.63. The van der Waals surface area contributed by atoms with E-state index in [9.17, 15) is 19.2 Å². The predicted octanol–water partition coefficient (Wildman–Crippen LogP) is 1.12. The zero-order valence-corrected chi connectivity index (χ0v) is 14.6.